The number of aromatic nitrogens is 4. The van der Waals surface area contributed by atoms with E-state index in [1.807, 2.05) is 30.3 Å². The Morgan fingerprint density at radius 1 is 1.11 bits per heavy atom. The van der Waals surface area contributed by atoms with Gasteiger partial charge in [-0.1, -0.05) is 18.2 Å². The third-order valence-corrected chi connectivity index (χ3v) is 5.14. The van der Waals surface area contributed by atoms with Gasteiger partial charge >= 0.3 is 0 Å². The summed E-state index contributed by atoms with van der Waals surface area (Å²) in [5.41, 5.74) is 3.43. The van der Waals surface area contributed by atoms with Crippen molar-refractivity contribution in [3.8, 4) is 17.3 Å². The standard InChI is InChI=1S/C21H21N5O2/c1-27-17-10-5-2-7-14(17)13-22-20-15-8-3-4-9-16(15)23-21-24-19(25-26(20)21)18-11-6-12-28-18/h2,5-7,10-12,22H,3-4,8-9,13H2,1H3. The van der Waals surface area contributed by atoms with Gasteiger partial charge in [-0.05, 0) is 43.9 Å². The molecule has 7 heteroatoms. The van der Waals surface area contributed by atoms with Crippen molar-refractivity contribution >= 4 is 11.6 Å². The lowest BCUT2D eigenvalue weighted by atomic mass is 9.96. The molecule has 7 nitrogen and oxygen atoms in total. The fourth-order valence-corrected chi connectivity index (χ4v) is 3.76. The van der Waals surface area contributed by atoms with Crippen molar-refractivity contribution in [2.75, 3.05) is 12.4 Å². The van der Waals surface area contributed by atoms with Crippen LogP contribution in [-0.2, 0) is 19.4 Å². The maximum Gasteiger partial charge on any atom is 0.255 e. The lowest BCUT2D eigenvalue weighted by Crippen LogP contribution is -2.15. The largest absolute Gasteiger partial charge is 0.496 e. The number of furan rings is 1. The lowest BCUT2D eigenvalue weighted by Gasteiger charge is -2.20. The van der Waals surface area contributed by atoms with Crippen molar-refractivity contribution in [3.05, 3.63) is 59.5 Å². The number of hydrogen-bond acceptors (Lipinski definition) is 6. The van der Waals surface area contributed by atoms with Gasteiger partial charge in [0.1, 0.15) is 11.6 Å². The Morgan fingerprint density at radius 3 is 2.86 bits per heavy atom. The van der Waals surface area contributed by atoms with E-state index in [0.29, 0.717) is 23.9 Å². The number of rotatable bonds is 5. The summed E-state index contributed by atoms with van der Waals surface area (Å²) in [6, 6.07) is 11.7. The molecule has 1 aliphatic carbocycles. The zero-order valence-corrected chi connectivity index (χ0v) is 15.7. The molecule has 0 amide bonds. The number of methoxy groups -OCH3 is 1. The lowest BCUT2D eigenvalue weighted by molar-refractivity contribution is 0.410. The molecular weight excluding hydrogens is 354 g/mol. The van der Waals surface area contributed by atoms with Crippen LogP contribution in [0.3, 0.4) is 0 Å². The molecule has 3 aromatic heterocycles. The molecule has 0 spiro atoms. The van der Waals surface area contributed by atoms with Crippen LogP contribution in [0.1, 0.15) is 29.7 Å². The molecule has 0 radical (unpaired) electrons. The second-order valence-corrected chi connectivity index (χ2v) is 6.88. The molecule has 5 rings (SSSR count). The van der Waals surface area contributed by atoms with Crippen molar-refractivity contribution in [2.24, 2.45) is 0 Å². The summed E-state index contributed by atoms with van der Waals surface area (Å²) in [6.07, 6.45) is 5.89. The maximum absolute atomic E-state index is 5.49. The number of nitrogens with zero attached hydrogens (tertiary/aromatic N) is 4. The Hall–Kier alpha value is -3.35. The Balaban J connectivity index is 1.59. The molecule has 1 N–H and O–H groups in total. The van der Waals surface area contributed by atoms with Crippen molar-refractivity contribution in [3.63, 3.8) is 0 Å². The first-order valence-electron chi connectivity index (χ1n) is 9.51. The number of benzene rings is 1. The zero-order valence-electron chi connectivity index (χ0n) is 15.7. The summed E-state index contributed by atoms with van der Waals surface area (Å²) in [5.74, 6) is 3.59. The van der Waals surface area contributed by atoms with E-state index in [1.165, 1.54) is 5.56 Å². The zero-order chi connectivity index (χ0) is 18.9. The van der Waals surface area contributed by atoms with Crippen LogP contribution in [0.5, 0.6) is 5.75 Å². The van der Waals surface area contributed by atoms with Crippen LogP contribution < -0.4 is 10.1 Å². The summed E-state index contributed by atoms with van der Waals surface area (Å²) in [7, 11) is 1.69. The smallest absolute Gasteiger partial charge is 0.255 e. The molecule has 0 saturated heterocycles. The molecule has 28 heavy (non-hydrogen) atoms. The minimum Gasteiger partial charge on any atom is -0.496 e. The van der Waals surface area contributed by atoms with Crippen LogP contribution in [0.25, 0.3) is 17.4 Å². The van der Waals surface area contributed by atoms with Gasteiger partial charge < -0.3 is 14.5 Å². The van der Waals surface area contributed by atoms with Gasteiger partial charge in [0.15, 0.2) is 5.76 Å². The number of hydrogen-bond donors (Lipinski definition) is 1. The highest BCUT2D eigenvalue weighted by atomic mass is 16.5. The first kappa shape index (κ1) is 16.8. The first-order chi connectivity index (χ1) is 13.8. The minimum atomic E-state index is 0.542. The third kappa shape index (κ3) is 2.89. The number of fused-ring (bicyclic) bond motifs is 2. The second kappa shape index (κ2) is 6.99. The first-order valence-corrected chi connectivity index (χ1v) is 9.51. The van der Waals surface area contributed by atoms with Crippen LogP contribution in [0, 0.1) is 0 Å². The van der Waals surface area contributed by atoms with Gasteiger partial charge in [0.05, 0.1) is 19.1 Å². The third-order valence-electron chi connectivity index (χ3n) is 5.14. The Morgan fingerprint density at radius 2 is 2.00 bits per heavy atom. The van der Waals surface area contributed by atoms with Gasteiger partial charge in [-0.2, -0.15) is 9.50 Å². The quantitative estimate of drug-likeness (QED) is 0.570. The second-order valence-electron chi connectivity index (χ2n) is 6.88. The van der Waals surface area contributed by atoms with Gasteiger partial charge in [0, 0.05) is 17.7 Å². The summed E-state index contributed by atoms with van der Waals surface area (Å²) in [5, 5.41) is 8.25. The number of nitrogens with one attached hydrogen (secondary N) is 1. The summed E-state index contributed by atoms with van der Waals surface area (Å²) in [6.45, 7) is 0.630. The number of para-hydroxylation sites is 1. The Labute approximate surface area is 162 Å². The minimum absolute atomic E-state index is 0.542. The van der Waals surface area contributed by atoms with Gasteiger partial charge in [0.2, 0.25) is 5.82 Å². The molecular formula is C21H21N5O2. The topological polar surface area (TPSA) is 77.5 Å². The van der Waals surface area contributed by atoms with Crippen molar-refractivity contribution in [1.29, 1.82) is 0 Å². The van der Waals surface area contributed by atoms with E-state index < -0.39 is 0 Å². The molecule has 4 aromatic rings. The van der Waals surface area contributed by atoms with Crippen LogP contribution in [-0.4, -0.2) is 26.7 Å². The van der Waals surface area contributed by atoms with Gasteiger partial charge in [0.25, 0.3) is 5.78 Å². The summed E-state index contributed by atoms with van der Waals surface area (Å²) >= 11 is 0. The summed E-state index contributed by atoms with van der Waals surface area (Å²) < 4.78 is 12.8. The van der Waals surface area contributed by atoms with E-state index >= 15 is 0 Å². The highest BCUT2D eigenvalue weighted by Gasteiger charge is 2.21. The maximum atomic E-state index is 5.49. The number of anilines is 1. The molecule has 0 unspecified atom stereocenters. The van der Waals surface area contributed by atoms with Gasteiger partial charge in [-0.25, -0.2) is 4.98 Å². The van der Waals surface area contributed by atoms with Crippen molar-refractivity contribution in [1.82, 2.24) is 19.6 Å². The van der Waals surface area contributed by atoms with E-state index in [-0.39, 0.29) is 0 Å². The average molecular weight is 375 g/mol. The average Bonchev–Trinajstić information content (AvgIpc) is 3.41. The predicted molar refractivity (Wildman–Crippen MR) is 105 cm³/mol. The molecule has 0 atom stereocenters. The fourth-order valence-electron chi connectivity index (χ4n) is 3.76. The Kier molecular flexibility index (Phi) is 4.20. The molecule has 0 bridgehead atoms. The fraction of sp³-hybridized carbons (Fsp3) is 0.286. The molecule has 0 fully saturated rings. The Bertz CT molecular complexity index is 1120. The molecule has 3 heterocycles. The molecule has 1 aliphatic rings. The SMILES string of the molecule is COc1ccccc1CNc1c2c(nc3nc(-c4ccco4)nn13)CCCC2. The predicted octanol–water partition coefficient (Wildman–Crippen LogP) is 3.88. The number of aryl methyl sites for hydroxylation is 1. The van der Waals surface area contributed by atoms with E-state index in [4.69, 9.17) is 14.1 Å². The normalized spacial score (nSPS) is 13.5. The van der Waals surface area contributed by atoms with E-state index in [0.717, 1.165) is 48.5 Å². The van der Waals surface area contributed by atoms with Crippen LogP contribution in [0.4, 0.5) is 5.82 Å². The molecule has 1 aromatic carbocycles. The van der Waals surface area contributed by atoms with Crippen LogP contribution >= 0.6 is 0 Å². The van der Waals surface area contributed by atoms with E-state index in [9.17, 15) is 0 Å². The van der Waals surface area contributed by atoms with Gasteiger partial charge in [-0.15, -0.1) is 5.10 Å². The van der Waals surface area contributed by atoms with Crippen molar-refractivity contribution < 1.29 is 9.15 Å². The highest BCUT2D eigenvalue weighted by molar-refractivity contribution is 5.58. The van der Waals surface area contributed by atoms with Gasteiger partial charge in [-0.3, -0.25) is 0 Å². The molecule has 0 aliphatic heterocycles. The van der Waals surface area contributed by atoms with Crippen LogP contribution in [0.15, 0.2) is 47.1 Å². The number of ether oxygens (including phenoxy) is 1. The van der Waals surface area contributed by atoms with E-state index in [1.54, 1.807) is 17.9 Å². The van der Waals surface area contributed by atoms with Crippen molar-refractivity contribution in [2.45, 2.75) is 32.2 Å². The molecule has 142 valence electrons. The highest BCUT2D eigenvalue weighted by Crippen LogP contribution is 2.29. The monoisotopic (exact) mass is 375 g/mol. The van der Waals surface area contributed by atoms with Crippen LogP contribution in [0.2, 0.25) is 0 Å². The molecule has 0 saturated carbocycles. The summed E-state index contributed by atoms with van der Waals surface area (Å²) in [4.78, 5) is 9.37. The van der Waals surface area contributed by atoms with E-state index in [2.05, 4.69) is 21.5 Å².